The van der Waals surface area contributed by atoms with Crippen molar-refractivity contribution in [2.45, 2.75) is 46.1 Å². The van der Waals surface area contributed by atoms with E-state index in [1.54, 1.807) is 0 Å². The van der Waals surface area contributed by atoms with Gasteiger partial charge in [-0.2, -0.15) is 4.98 Å². The van der Waals surface area contributed by atoms with E-state index in [1.165, 1.54) is 5.56 Å². The molecule has 0 spiro atoms. The van der Waals surface area contributed by atoms with Crippen LogP contribution in [0, 0.1) is 6.92 Å². The Morgan fingerprint density at radius 2 is 2.15 bits per heavy atom. The van der Waals surface area contributed by atoms with Crippen LogP contribution in [0.5, 0.6) is 0 Å². The summed E-state index contributed by atoms with van der Waals surface area (Å²) >= 11 is 0. The molecule has 1 atom stereocenters. The van der Waals surface area contributed by atoms with E-state index in [4.69, 9.17) is 4.52 Å². The van der Waals surface area contributed by atoms with Gasteiger partial charge in [0.2, 0.25) is 11.7 Å². The maximum absolute atomic E-state index is 5.38. The number of hydrogen-bond donors (Lipinski definition) is 1. The van der Waals surface area contributed by atoms with Crippen molar-refractivity contribution in [1.29, 1.82) is 0 Å². The largest absolute Gasteiger partial charge is 0.339 e. The third kappa shape index (κ3) is 3.90. The Bertz CT molecular complexity index is 530. The normalized spacial score (nSPS) is 12.6. The Kier molecular flexibility index (Phi) is 5.30. The first-order chi connectivity index (χ1) is 9.72. The third-order valence-electron chi connectivity index (χ3n) is 3.30. The molecule has 1 heterocycles. The molecule has 1 aromatic heterocycles. The first kappa shape index (κ1) is 14.7. The second-order valence-corrected chi connectivity index (χ2v) is 5.13. The summed E-state index contributed by atoms with van der Waals surface area (Å²) in [6, 6.07) is 8.57. The van der Waals surface area contributed by atoms with Crippen molar-refractivity contribution in [1.82, 2.24) is 15.5 Å². The standard InChI is InChI=1S/C16H23N3O/c1-4-7-14(17-5-2)11-15-18-16(19-20-15)13-9-6-8-12(3)10-13/h6,8-10,14,17H,4-5,7,11H2,1-3H3. The Balaban J connectivity index is 2.08. The summed E-state index contributed by atoms with van der Waals surface area (Å²) in [5.74, 6) is 1.39. The van der Waals surface area contributed by atoms with Crippen LogP contribution in [0.2, 0.25) is 0 Å². The van der Waals surface area contributed by atoms with Crippen molar-refractivity contribution >= 4 is 0 Å². The van der Waals surface area contributed by atoms with E-state index < -0.39 is 0 Å². The van der Waals surface area contributed by atoms with E-state index in [0.717, 1.165) is 31.4 Å². The maximum Gasteiger partial charge on any atom is 0.228 e. The molecule has 0 saturated carbocycles. The fourth-order valence-corrected chi connectivity index (χ4v) is 2.36. The molecule has 1 unspecified atom stereocenters. The predicted octanol–water partition coefficient (Wildman–Crippen LogP) is 3.37. The zero-order valence-corrected chi connectivity index (χ0v) is 12.5. The van der Waals surface area contributed by atoms with Crippen LogP contribution in [0.25, 0.3) is 11.4 Å². The van der Waals surface area contributed by atoms with E-state index in [2.05, 4.69) is 48.4 Å². The predicted molar refractivity (Wildman–Crippen MR) is 80.5 cm³/mol. The zero-order valence-electron chi connectivity index (χ0n) is 12.5. The molecule has 0 saturated heterocycles. The number of benzene rings is 1. The lowest BCUT2D eigenvalue weighted by atomic mass is 10.1. The molecule has 2 aromatic rings. The maximum atomic E-state index is 5.38. The monoisotopic (exact) mass is 273 g/mol. The van der Waals surface area contributed by atoms with Crippen LogP contribution in [-0.4, -0.2) is 22.7 Å². The van der Waals surface area contributed by atoms with Gasteiger partial charge in [0.1, 0.15) is 0 Å². The highest BCUT2D eigenvalue weighted by Crippen LogP contribution is 2.17. The Labute approximate surface area is 120 Å². The lowest BCUT2D eigenvalue weighted by molar-refractivity contribution is 0.352. The minimum atomic E-state index is 0.413. The van der Waals surface area contributed by atoms with E-state index >= 15 is 0 Å². The number of nitrogens with one attached hydrogen (secondary N) is 1. The smallest absolute Gasteiger partial charge is 0.228 e. The van der Waals surface area contributed by atoms with Gasteiger partial charge < -0.3 is 9.84 Å². The quantitative estimate of drug-likeness (QED) is 0.840. The molecule has 1 aromatic carbocycles. The number of nitrogens with zero attached hydrogens (tertiary/aromatic N) is 2. The highest BCUT2D eigenvalue weighted by molar-refractivity contribution is 5.55. The van der Waals surface area contributed by atoms with Gasteiger partial charge in [-0.3, -0.25) is 0 Å². The molecule has 0 aliphatic rings. The average molecular weight is 273 g/mol. The lowest BCUT2D eigenvalue weighted by Crippen LogP contribution is -2.30. The van der Waals surface area contributed by atoms with E-state index in [1.807, 2.05) is 12.1 Å². The topological polar surface area (TPSA) is 51.0 Å². The molecule has 1 N–H and O–H groups in total. The molecule has 108 valence electrons. The van der Waals surface area contributed by atoms with Crippen molar-refractivity contribution in [2.24, 2.45) is 0 Å². The van der Waals surface area contributed by atoms with Gasteiger partial charge >= 0.3 is 0 Å². The molecule has 0 aliphatic heterocycles. The first-order valence-electron chi connectivity index (χ1n) is 7.36. The molecule has 0 fully saturated rings. The average Bonchev–Trinajstić information content (AvgIpc) is 2.88. The molecule has 0 radical (unpaired) electrons. The van der Waals surface area contributed by atoms with E-state index in [-0.39, 0.29) is 0 Å². The zero-order chi connectivity index (χ0) is 14.4. The lowest BCUT2D eigenvalue weighted by Gasteiger charge is -2.14. The van der Waals surface area contributed by atoms with Crippen molar-refractivity contribution in [3.05, 3.63) is 35.7 Å². The molecule has 0 amide bonds. The van der Waals surface area contributed by atoms with Gasteiger partial charge in [-0.15, -0.1) is 0 Å². The molecule has 20 heavy (non-hydrogen) atoms. The highest BCUT2D eigenvalue weighted by atomic mass is 16.5. The van der Waals surface area contributed by atoms with Crippen LogP contribution in [0.1, 0.15) is 38.1 Å². The number of hydrogen-bond acceptors (Lipinski definition) is 4. The van der Waals surface area contributed by atoms with Gasteiger partial charge in [-0.25, -0.2) is 0 Å². The van der Waals surface area contributed by atoms with E-state index in [9.17, 15) is 0 Å². The Hall–Kier alpha value is -1.68. The minimum absolute atomic E-state index is 0.413. The summed E-state index contributed by atoms with van der Waals surface area (Å²) in [5, 5.41) is 7.55. The second kappa shape index (κ2) is 7.20. The van der Waals surface area contributed by atoms with Crippen molar-refractivity contribution < 1.29 is 4.52 Å². The summed E-state index contributed by atoms with van der Waals surface area (Å²) in [5.41, 5.74) is 2.21. The summed E-state index contributed by atoms with van der Waals surface area (Å²) in [4.78, 5) is 4.51. The molecular formula is C16H23N3O. The SMILES string of the molecule is CCCC(Cc1nc(-c2cccc(C)c2)no1)NCC. The van der Waals surface area contributed by atoms with Crippen LogP contribution in [-0.2, 0) is 6.42 Å². The van der Waals surface area contributed by atoms with Crippen molar-refractivity contribution in [2.75, 3.05) is 6.54 Å². The van der Waals surface area contributed by atoms with Gasteiger partial charge in [0, 0.05) is 18.0 Å². The summed E-state index contributed by atoms with van der Waals surface area (Å²) < 4.78 is 5.38. The Morgan fingerprint density at radius 1 is 1.30 bits per heavy atom. The van der Waals surface area contributed by atoms with Crippen LogP contribution >= 0.6 is 0 Å². The van der Waals surface area contributed by atoms with Gasteiger partial charge in [-0.1, -0.05) is 49.2 Å². The van der Waals surface area contributed by atoms with E-state index in [0.29, 0.717) is 17.8 Å². The summed E-state index contributed by atoms with van der Waals surface area (Å²) in [6.45, 7) is 7.33. The molecular weight excluding hydrogens is 250 g/mol. The number of rotatable bonds is 7. The summed E-state index contributed by atoms with van der Waals surface area (Å²) in [7, 11) is 0. The molecule has 2 rings (SSSR count). The van der Waals surface area contributed by atoms with Crippen molar-refractivity contribution in [3.63, 3.8) is 0 Å². The molecule has 4 nitrogen and oxygen atoms in total. The third-order valence-corrected chi connectivity index (χ3v) is 3.30. The molecule has 0 bridgehead atoms. The minimum Gasteiger partial charge on any atom is -0.339 e. The van der Waals surface area contributed by atoms with Gasteiger partial charge in [0.25, 0.3) is 0 Å². The van der Waals surface area contributed by atoms with Crippen LogP contribution in [0.4, 0.5) is 0 Å². The molecule has 4 heteroatoms. The van der Waals surface area contributed by atoms with Crippen LogP contribution in [0.15, 0.2) is 28.8 Å². The van der Waals surface area contributed by atoms with Gasteiger partial charge in [0.05, 0.1) is 0 Å². The number of aryl methyl sites for hydroxylation is 1. The fourth-order valence-electron chi connectivity index (χ4n) is 2.36. The highest BCUT2D eigenvalue weighted by Gasteiger charge is 2.14. The fraction of sp³-hybridized carbons (Fsp3) is 0.500. The van der Waals surface area contributed by atoms with Gasteiger partial charge in [0.15, 0.2) is 0 Å². The van der Waals surface area contributed by atoms with Crippen molar-refractivity contribution in [3.8, 4) is 11.4 Å². The summed E-state index contributed by atoms with van der Waals surface area (Å²) in [6.07, 6.45) is 3.06. The molecule has 0 aliphatic carbocycles. The Morgan fingerprint density at radius 3 is 2.85 bits per heavy atom. The number of aromatic nitrogens is 2. The van der Waals surface area contributed by atoms with Crippen LogP contribution in [0.3, 0.4) is 0 Å². The number of likely N-dealkylation sites (N-methyl/N-ethyl adjacent to an activating group) is 1. The first-order valence-corrected chi connectivity index (χ1v) is 7.36. The van der Waals surface area contributed by atoms with Gasteiger partial charge in [-0.05, 0) is 26.0 Å². The second-order valence-electron chi connectivity index (χ2n) is 5.13. The van der Waals surface area contributed by atoms with Crippen LogP contribution < -0.4 is 5.32 Å².